The summed E-state index contributed by atoms with van der Waals surface area (Å²) in [5, 5.41) is 13.1. The van der Waals surface area contributed by atoms with E-state index < -0.39 is 0 Å². The van der Waals surface area contributed by atoms with E-state index in [0.29, 0.717) is 22.8 Å². The molecule has 2 rings (SSSR count). The lowest BCUT2D eigenvalue weighted by molar-refractivity contribution is -0.122. The van der Waals surface area contributed by atoms with Crippen LogP contribution < -0.4 is 11.1 Å². The van der Waals surface area contributed by atoms with Crippen LogP contribution in [0.15, 0.2) is 0 Å². The van der Waals surface area contributed by atoms with Gasteiger partial charge in [0.2, 0.25) is 11.9 Å². The number of nitrogens with one attached hydrogen (secondary N) is 2. The first-order valence-corrected chi connectivity index (χ1v) is 6.37. The molecule has 1 amide bonds. The van der Waals surface area contributed by atoms with Gasteiger partial charge in [-0.05, 0) is 20.8 Å². The maximum atomic E-state index is 11.9. The van der Waals surface area contributed by atoms with E-state index in [1.165, 1.54) is 11.6 Å². The number of anilines is 1. The van der Waals surface area contributed by atoms with Crippen LogP contribution in [0.5, 0.6) is 0 Å². The number of aromatic amines is 1. The third kappa shape index (κ3) is 3.25. The largest absolute Gasteiger partial charge is 0.367 e. The Morgan fingerprint density at radius 2 is 2.10 bits per heavy atom. The fraction of sp³-hybridized carbons (Fsp3) is 0.417. The van der Waals surface area contributed by atoms with Crippen molar-refractivity contribution in [3.05, 3.63) is 22.8 Å². The van der Waals surface area contributed by atoms with E-state index >= 15 is 0 Å². The molecule has 0 atom stereocenters. The molecule has 0 fully saturated rings. The van der Waals surface area contributed by atoms with Gasteiger partial charge in [-0.2, -0.15) is 10.1 Å². The number of nitrogens with two attached hydrogens (primary N) is 1. The van der Waals surface area contributed by atoms with Gasteiger partial charge >= 0.3 is 0 Å². The minimum atomic E-state index is -0.245. The molecule has 4 N–H and O–H groups in total. The van der Waals surface area contributed by atoms with Crippen molar-refractivity contribution in [3.63, 3.8) is 0 Å². The normalized spacial score (nSPS) is 10.6. The fourth-order valence-corrected chi connectivity index (χ4v) is 2.12. The number of hydrogen-bond acceptors (Lipinski definition) is 6. The molecule has 9 nitrogen and oxygen atoms in total. The fourth-order valence-electron chi connectivity index (χ4n) is 2.12. The van der Waals surface area contributed by atoms with Crippen LogP contribution in [0.1, 0.15) is 34.5 Å². The highest BCUT2D eigenvalue weighted by molar-refractivity contribution is 5.96. The van der Waals surface area contributed by atoms with Gasteiger partial charge in [-0.25, -0.2) is 0 Å². The van der Waals surface area contributed by atoms with Crippen LogP contribution in [-0.2, 0) is 17.9 Å². The number of Topliss-reactive ketones (excluding diaryl/α,β-unsaturated/α-hetero) is 1. The van der Waals surface area contributed by atoms with Crippen molar-refractivity contribution in [2.75, 3.05) is 5.73 Å². The summed E-state index contributed by atoms with van der Waals surface area (Å²) in [5.41, 5.74) is 7.23. The quantitative estimate of drug-likeness (QED) is 0.649. The predicted molar refractivity (Wildman–Crippen MR) is 74.3 cm³/mol. The number of aryl methyl sites for hydroxylation is 1. The van der Waals surface area contributed by atoms with Gasteiger partial charge in [0.1, 0.15) is 12.4 Å². The number of hydrogen-bond donors (Lipinski definition) is 3. The second-order valence-electron chi connectivity index (χ2n) is 4.68. The Morgan fingerprint density at radius 1 is 1.38 bits per heavy atom. The molecule has 21 heavy (non-hydrogen) atoms. The van der Waals surface area contributed by atoms with E-state index in [1.54, 1.807) is 13.8 Å². The van der Waals surface area contributed by atoms with E-state index in [1.807, 2.05) is 0 Å². The Balaban J connectivity index is 2.00. The Hall–Kier alpha value is -2.71. The minimum absolute atomic E-state index is 0.0313. The van der Waals surface area contributed by atoms with Gasteiger partial charge < -0.3 is 11.1 Å². The first-order valence-electron chi connectivity index (χ1n) is 6.37. The molecule has 0 spiro atoms. The van der Waals surface area contributed by atoms with E-state index in [2.05, 4.69) is 25.6 Å². The summed E-state index contributed by atoms with van der Waals surface area (Å²) < 4.78 is 1.51. The van der Waals surface area contributed by atoms with Crippen LogP contribution in [0, 0.1) is 13.8 Å². The molecule has 0 aromatic carbocycles. The predicted octanol–water partition coefficient (Wildman–Crippen LogP) is -0.281. The number of carbonyl (C=O) groups is 2. The molecule has 0 aliphatic carbocycles. The zero-order valence-electron chi connectivity index (χ0n) is 12.1. The lowest BCUT2D eigenvalue weighted by Gasteiger charge is -2.05. The second-order valence-corrected chi connectivity index (χ2v) is 4.68. The van der Waals surface area contributed by atoms with E-state index in [-0.39, 0.29) is 30.7 Å². The molecule has 9 heteroatoms. The highest BCUT2D eigenvalue weighted by Gasteiger charge is 2.16. The summed E-state index contributed by atoms with van der Waals surface area (Å²) in [6.07, 6.45) is 0. The zero-order chi connectivity index (χ0) is 15.6. The number of H-pyrrole nitrogens is 1. The van der Waals surface area contributed by atoms with Gasteiger partial charge in [0.05, 0.1) is 17.8 Å². The molecule has 0 bridgehead atoms. The second kappa shape index (κ2) is 5.73. The first-order chi connectivity index (χ1) is 9.88. The maximum Gasteiger partial charge on any atom is 0.242 e. The molecule has 112 valence electrons. The molecule has 2 heterocycles. The van der Waals surface area contributed by atoms with Crippen molar-refractivity contribution in [1.29, 1.82) is 0 Å². The van der Waals surface area contributed by atoms with Gasteiger partial charge in [0.25, 0.3) is 0 Å². The summed E-state index contributed by atoms with van der Waals surface area (Å²) >= 11 is 0. The molecule has 2 aromatic heterocycles. The highest BCUT2D eigenvalue weighted by Crippen LogP contribution is 2.13. The van der Waals surface area contributed by atoms with Crippen LogP contribution >= 0.6 is 0 Å². The van der Waals surface area contributed by atoms with Gasteiger partial charge in [0, 0.05) is 5.69 Å². The van der Waals surface area contributed by atoms with Crippen molar-refractivity contribution >= 4 is 17.6 Å². The number of amides is 1. The summed E-state index contributed by atoms with van der Waals surface area (Å²) in [6.45, 7) is 5.22. The van der Waals surface area contributed by atoms with Crippen molar-refractivity contribution < 1.29 is 9.59 Å². The monoisotopic (exact) mass is 291 g/mol. The maximum absolute atomic E-state index is 11.9. The lowest BCUT2D eigenvalue weighted by atomic mass is 10.1. The van der Waals surface area contributed by atoms with Crippen LogP contribution in [0.25, 0.3) is 0 Å². The summed E-state index contributed by atoms with van der Waals surface area (Å²) in [6, 6.07) is 0. The van der Waals surface area contributed by atoms with Gasteiger partial charge in [-0.15, -0.1) is 5.10 Å². The van der Waals surface area contributed by atoms with Crippen LogP contribution in [-0.4, -0.2) is 36.7 Å². The third-order valence-corrected chi connectivity index (χ3v) is 3.03. The summed E-state index contributed by atoms with van der Waals surface area (Å²) in [7, 11) is 0. The van der Waals surface area contributed by atoms with Crippen molar-refractivity contribution in [2.24, 2.45) is 0 Å². The van der Waals surface area contributed by atoms with Gasteiger partial charge in [0.15, 0.2) is 5.78 Å². The average molecular weight is 291 g/mol. The molecule has 2 aromatic rings. The van der Waals surface area contributed by atoms with E-state index in [9.17, 15) is 9.59 Å². The third-order valence-electron chi connectivity index (χ3n) is 3.03. The van der Waals surface area contributed by atoms with Gasteiger partial charge in [-0.3, -0.25) is 19.4 Å². The number of aromatic nitrogens is 5. The lowest BCUT2D eigenvalue weighted by Crippen LogP contribution is -2.28. The molecule has 0 saturated heterocycles. The molecule has 0 saturated carbocycles. The molecule has 0 aliphatic heterocycles. The molecular formula is C12H17N7O2. The number of nitrogen functional groups attached to an aromatic ring is 1. The van der Waals surface area contributed by atoms with E-state index in [4.69, 9.17) is 5.73 Å². The Kier molecular flexibility index (Phi) is 4.01. The van der Waals surface area contributed by atoms with Crippen LogP contribution in [0.2, 0.25) is 0 Å². The first kappa shape index (κ1) is 14.7. The Morgan fingerprint density at radius 3 is 2.62 bits per heavy atom. The topological polar surface area (TPSA) is 132 Å². The number of ketones is 1. The Labute approximate surface area is 120 Å². The van der Waals surface area contributed by atoms with Crippen molar-refractivity contribution in [2.45, 2.75) is 33.9 Å². The van der Waals surface area contributed by atoms with Crippen LogP contribution in [0.3, 0.4) is 0 Å². The zero-order valence-corrected chi connectivity index (χ0v) is 12.1. The molecule has 0 radical (unpaired) electrons. The number of carbonyl (C=O) groups excluding carboxylic acids is 2. The molecule has 0 unspecified atom stereocenters. The highest BCUT2D eigenvalue weighted by atomic mass is 16.2. The van der Waals surface area contributed by atoms with Gasteiger partial charge in [-0.1, -0.05) is 0 Å². The van der Waals surface area contributed by atoms with Crippen molar-refractivity contribution in [3.8, 4) is 0 Å². The SMILES string of the molecule is CC(=O)c1c(C)nn(CC(=O)NCc2nc(N)n[nH]2)c1C. The minimum Gasteiger partial charge on any atom is -0.367 e. The average Bonchev–Trinajstić information content (AvgIpc) is 2.91. The standard InChI is InChI=1S/C12H17N7O2/c1-6-11(8(3)20)7(2)19(18-6)5-10(21)14-4-9-15-12(13)17-16-9/h4-5H2,1-3H3,(H,14,21)(H3,13,15,16,17). The summed E-state index contributed by atoms with van der Waals surface area (Å²) in [5.74, 6) is 0.294. The summed E-state index contributed by atoms with van der Waals surface area (Å²) in [4.78, 5) is 27.3. The number of nitrogens with zero attached hydrogens (tertiary/aromatic N) is 4. The molecular weight excluding hydrogens is 274 g/mol. The van der Waals surface area contributed by atoms with Crippen molar-refractivity contribution in [1.82, 2.24) is 30.3 Å². The molecule has 0 aliphatic rings. The smallest absolute Gasteiger partial charge is 0.242 e. The van der Waals surface area contributed by atoms with Crippen LogP contribution in [0.4, 0.5) is 5.95 Å². The van der Waals surface area contributed by atoms with E-state index in [0.717, 1.165) is 0 Å². The number of rotatable bonds is 5. The Bertz CT molecular complexity index is 686.